The van der Waals surface area contributed by atoms with Crippen LogP contribution in [0.5, 0.6) is 0 Å². The van der Waals surface area contributed by atoms with Crippen LogP contribution in [-0.4, -0.2) is 24.9 Å². The fraction of sp³-hybridized carbons (Fsp3) is 0.379. The summed E-state index contributed by atoms with van der Waals surface area (Å²) in [5, 5.41) is 5.69. The van der Waals surface area contributed by atoms with Crippen molar-refractivity contribution in [3.63, 3.8) is 0 Å². The first-order chi connectivity index (χ1) is 18.2. The summed E-state index contributed by atoms with van der Waals surface area (Å²) in [7, 11) is 0. The molecule has 6 aromatic heterocycles. The van der Waals surface area contributed by atoms with E-state index in [1.54, 1.807) is 40.3 Å². The minimum atomic E-state index is 0.283. The first-order valence-corrected chi connectivity index (χ1v) is 15.5. The molecule has 194 valence electrons. The van der Waals surface area contributed by atoms with Crippen molar-refractivity contribution in [2.24, 2.45) is 0 Å². The molecule has 0 amide bonds. The third-order valence-corrected chi connectivity index (χ3v) is 9.97. The van der Waals surface area contributed by atoms with Gasteiger partial charge in [-0.2, -0.15) is 0 Å². The topological polar surface area (TPSA) is 68.3 Å². The summed E-state index contributed by atoms with van der Waals surface area (Å²) in [6.07, 6.45) is 3.67. The summed E-state index contributed by atoms with van der Waals surface area (Å²) in [5.41, 5.74) is 4.69. The summed E-state index contributed by atoms with van der Waals surface area (Å²) in [6.45, 7) is 16.2. The van der Waals surface area contributed by atoms with Gasteiger partial charge in [0.1, 0.15) is 28.2 Å². The maximum Gasteiger partial charge on any atom is 0.288 e. The van der Waals surface area contributed by atoms with Crippen molar-refractivity contribution >= 4 is 64.7 Å². The van der Waals surface area contributed by atoms with E-state index in [9.17, 15) is 0 Å². The van der Waals surface area contributed by atoms with Crippen molar-refractivity contribution in [2.75, 3.05) is 0 Å². The number of hydrogen-bond donors (Lipinski definition) is 0. The highest BCUT2D eigenvalue weighted by atomic mass is 32.1. The molecule has 0 spiro atoms. The van der Waals surface area contributed by atoms with E-state index in [2.05, 4.69) is 80.5 Å². The molecule has 38 heavy (non-hydrogen) atoms. The molecule has 0 atom stereocenters. The molecular formula is C29H31N6S3+. The number of hydrogen-bond acceptors (Lipinski definition) is 8. The number of rotatable bonds is 6. The van der Waals surface area contributed by atoms with E-state index < -0.39 is 0 Å². The number of fused-ring (bicyclic) bond motifs is 3. The van der Waals surface area contributed by atoms with Gasteiger partial charge in [0.05, 0.1) is 21.7 Å². The Kier molecular flexibility index (Phi) is 6.48. The van der Waals surface area contributed by atoms with Gasteiger partial charge in [0.2, 0.25) is 4.83 Å². The zero-order chi connectivity index (χ0) is 26.7. The van der Waals surface area contributed by atoms with Crippen LogP contribution in [0.4, 0.5) is 0 Å². The van der Waals surface area contributed by atoms with E-state index in [1.807, 2.05) is 6.33 Å². The highest BCUT2D eigenvalue weighted by Crippen LogP contribution is 2.40. The molecule has 0 unspecified atom stereocenters. The van der Waals surface area contributed by atoms with Crippen molar-refractivity contribution in [3.8, 4) is 10.7 Å². The maximum atomic E-state index is 5.14. The molecule has 6 aromatic rings. The molecular weight excluding hydrogens is 529 g/mol. The standard InChI is InChI=1S/C29H31N6S3/c1-14(2)22-20-10-18(11-35-13-32-27-19(8-9-36-27)24(35)16(5)6)37-28(20)34-26(33-22)25-17(7)21-23(15(3)4)30-12-31-29(21)38-25/h8-10,12-16H,11H2,1-7H3/q+1. The molecule has 0 radical (unpaired) electrons. The Morgan fingerprint density at radius 1 is 0.816 bits per heavy atom. The van der Waals surface area contributed by atoms with Crippen molar-refractivity contribution in [1.29, 1.82) is 0 Å². The second kappa shape index (κ2) is 9.70. The van der Waals surface area contributed by atoms with Crippen LogP contribution in [0.15, 0.2) is 30.2 Å². The lowest BCUT2D eigenvalue weighted by Gasteiger charge is -2.09. The molecule has 0 aromatic carbocycles. The lowest BCUT2D eigenvalue weighted by molar-refractivity contribution is -0.697. The Morgan fingerprint density at radius 2 is 1.61 bits per heavy atom. The van der Waals surface area contributed by atoms with Crippen LogP contribution in [0.2, 0.25) is 0 Å². The Hall–Kier alpha value is -2.88. The first kappa shape index (κ1) is 25.4. The van der Waals surface area contributed by atoms with Gasteiger partial charge in [0.15, 0.2) is 5.82 Å². The predicted octanol–water partition coefficient (Wildman–Crippen LogP) is 7.99. The smallest absolute Gasteiger partial charge is 0.240 e. The van der Waals surface area contributed by atoms with Gasteiger partial charge < -0.3 is 0 Å². The lowest BCUT2D eigenvalue weighted by atomic mass is 10.0. The van der Waals surface area contributed by atoms with E-state index in [0.29, 0.717) is 11.8 Å². The van der Waals surface area contributed by atoms with Crippen LogP contribution in [0.25, 0.3) is 41.4 Å². The summed E-state index contributed by atoms with van der Waals surface area (Å²) < 4.78 is 2.30. The average molecular weight is 560 g/mol. The van der Waals surface area contributed by atoms with Crippen LogP contribution in [0, 0.1) is 6.92 Å². The van der Waals surface area contributed by atoms with Gasteiger partial charge in [-0.25, -0.2) is 24.5 Å². The molecule has 0 bridgehead atoms. The number of thiophene rings is 3. The quantitative estimate of drug-likeness (QED) is 0.194. The highest BCUT2D eigenvalue weighted by molar-refractivity contribution is 7.22. The van der Waals surface area contributed by atoms with Gasteiger partial charge in [0, 0.05) is 21.6 Å². The second-order valence-corrected chi connectivity index (χ2v) is 13.7. The van der Waals surface area contributed by atoms with E-state index in [0.717, 1.165) is 53.9 Å². The van der Waals surface area contributed by atoms with Gasteiger partial charge in [-0.1, -0.05) is 52.9 Å². The van der Waals surface area contributed by atoms with Gasteiger partial charge in [0.25, 0.3) is 6.33 Å². The Balaban J connectivity index is 1.48. The van der Waals surface area contributed by atoms with Crippen LogP contribution in [-0.2, 0) is 6.54 Å². The molecule has 0 aliphatic rings. The average Bonchev–Trinajstić information content (AvgIpc) is 3.59. The first-order valence-electron chi connectivity index (χ1n) is 13.0. The SMILES string of the molecule is Cc1c(-c2nc(C(C)C)c3cc(C[n+]4cnc5sccc5c4C(C)C)sc3n2)sc2ncnc(C(C)C)c12. The largest absolute Gasteiger partial charge is 0.288 e. The van der Waals surface area contributed by atoms with Crippen LogP contribution in [0.3, 0.4) is 0 Å². The van der Waals surface area contributed by atoms with E-state index >= 15 is 0 Å². The zero-order valence-electron chi connectivity index (χ0n) is 22.7. The van der Waals surface area contributed by atoms with E-state index in [4.69, 9.17) is 15.0 Å². The maximum absolute atomic E-state index is 5.14. The van der Waals surface area contributed by atoms with Crippen molar-refractivity contribution in [2.45, 2.75) is 72.8 Å². The van der Waals surface area contributed by atoms with E-state index in [-0.39, 0.29) is 5.92 Å². The molecule has 6 nitrogen and oxygen atoms in total. The Morgan fingerprint density at radius 3 is 2.34 bits per heavy atom. The van der Waals surface area contributed by atoms with Crippen LogP contribution in [0.1, 0.15) is 86.8 Å². The zero-order valence-corrected chi connectivity index (χ0v) is 25.2. The monoisotopic (exact) mass is 559 g/mol. The minimum Gasteiger partial charge on any atom is -0.240 e. The molecule has 0 fully saturated rings. The summed E-state index contributed by atoms with van der Waals surface area (Å²) >= 11 is 5.13. The minimum absolute atomic E-state index is 0.283. The number of nitrogens with zero attached hydrogens (tertiary/aromatic N) is 6. The number of aromatic nitrogens is 6. The third-order valence-electron chi connectivity index (χ3n) is 6.94. The molecule has 0 N–H and O–H groups in total. The molecule has 6 rings (SSSR count). The second-order valence-electron chi connectivity index (χ2n) is 10.7. The fourth-order valence-corrected chi connectivity index (χ4v) is 8.10. The molecule has 0 aliphatic carbocycles. The molecule has 0 saturated carbocycles. The highest BCUT2D eigenvalue weighted by Gasteiger charge is 2.23. The predicted molar refractivity (Wildman–Crippen MR) is 160 cm³/mol. The third kappa shape index (κ3) is 4.21. The van der Waals surface area contributed by atoms with Crippen molar-refractivity contribution in [3.05, 3.63) is 57.7 Å². The van der Waals surface area contributed by atoms with Crippen LogP contribution >= 0.6 is 34.0 Å². The van der Waals surface area contributed by atoms with Crippen LogP contribution < -0.4 is 4.57 Å². The molecule has 6 heterocycles. The fourth-order valence-electron chi connectivity index (χ4n) is 5.23. The summed E-state index contributed by atoms with van der Waals surface area (Å²) in [5.74, 6) is 1.80. The van der Waals surface area contributed by atoms with Crippen molar-refractivity contribution < 1.29 is 4.57 Å². The van der Waals surface area contributed by atoms with E-state index in [1.165, 1.54) is 21.5 Å². The van der Waals surface area contributed by atoms with Gasteiger partial charge >= 0.3 is 0 Å². The molecule has 0 saturated heterocycles. The summed E-state index contributed by atoms with van der Waals surface area (Å²) in [6, 6.07) is 4.48. The van der Waals surface area contributed by atoms with Crippen molar-refractivity contribution in [1.82, 2.24) is 24.9 Å². The summed E-state index contributed by atoms with van der Waals surface area (Å²) in [4.78, 5) is 29.7. The van der Waals surface area contributed by atoms with Gasteiger partial charge in [-0.05, 0) is 46.8 Å². The molecule has 9 heteroatoms. The number of aryl methyl sites for hydroxylation is 1. The van der Waals surface area contributed by atoms with Gasteiger partial charge in [-0.15, -0.1) is 22.7 Å². The normalized spacial score (nSPS) is 12.4. The Labute approximate surface area is 234 Å². The Bertz CT molecular complexity index is 1810. The van der Waals surface area contributed by atoms with Gasteiger partial charge in [-0.3, -0.25) is 0 Å². The lowest BCUT2D eigenvalue weighted by Crippen LogP contribution is -2.39. The molecule has 0 aliphatic heterocycles.